The molecule has 3 rings (SSSR count). The Kier molecular flexibility index (Phi) is 5.05. The van der Waals surface area contributed by atoms with Gasteiger partial charge in [0.2, 0.25) is 0 Å². The number of carbonyl (C=O) groups is 1. The fourth-order valence-electron chi connectivity index (χ4n) is 4.93. The van der Waals surface area contributed by atoms with Crippen molar-refractivity contribution in [3.63, 3.8) is 0 Å². The summed E-state index contributed by atoms with van der Waals surface area (Å²) in [5.74, 6) is 1.88. The van der Waals surface area contributed by atoms with Crippen LogP contribution in [0.1, 0.15) is 45.6 Å². The Hall–Kier alpha value is -1.97. The molecule has 4 heteroatoms. The first-order chi connectivity index (χ1) is 12.3. The predicted octanol–water partition coefficient (Wildman–Crippen LogP) is 4.13. The van der Waals surface area contributed by atoms with Crippen LogP contribution < -0.4 is 14.8 Å². The lowest BCUT2D eigenvalue weighted by Crippen LogP contribution is -2.48. The molecule has 0 radical (unpaired) electrons. The minimum atomic E-state index is -0.0585. The fraction of sp³-hybridized carbons (Fsp3) is 0.591. The number of allylic oxidation sites excluding steroid dienone is 1. The maximum absolute atomic E-state index is 12.5. The van der Waals surface area contributed by atoms with E-state index in [1.54, 1.807) is 7.11 Å². The Bertz CT molecular complexity index is 697. The summed E-state index contributed by atoms with van der Waals surface area (Å²) in [5.41, 5.74) is 1.57. The van der Waals surface area contributed by atoms with Crippen molar-refractivity contribution in [3.8, 4) is 11.5 Å². The highest BCUT2D eigenvalue weighted by molar-refractivity contribution is 5.78. The summed E-state index contributed by atoms with van der Waals surface area (Å²) in [6.45, 7) is 10.8. The van der Waals surface area contributed by atoms with Gasteiger partial charge in [0.1, 0.15) is 0 Å². The van der Waals surface area contributed by atoms with Crippen LogP contribution in [0.4, 0.5) is 0 Å². The third-order valence-electron chi connectivity index (χ3n) is 7.10. The lowest BCUT2D eigenvalue weighted by Gasteiger charge is -2.39. The highest BCUT2D eigenvalue weighted by Gasteiger charge is 2.61. The van der Waals surface area contributed by atoms with E-state index < -0.39 is 0 Å². The second kappa shape index (κ2) is 6.98. The number of amides is 1. The maximum Gasteiger partial charge on any atom is 0.258 e. The van der Waals surface area contributed by atoms with E-state index in [2.05, 4.69) is 32.7 Å². The molecule has 142 valence electrons. The summed E-state index contributed by atoms with van der Waals surface area (Å²) in [5, 5.41) is 3.23. The van der Waals surface area contributed by atoms with Crippen molar-refractivity contribution < 1.29 is 14.3 Å². The third-order valence-corrected chi connectivity index (χ3v) is 7.10. The van der Waals surface area contributed by atoms with E-state index in [1.807, 2.05) is 24.3 Å². The predicted molar refractivity (Wildman–Crippen MR) is 104 cm³/mol. The number of carbonyl (C=O) groups excluding carboxylic acids is 1. The van der Waals surface area contributed by atoms with E-state index in [0.717, 1.165) is 18.4 Å². The zero-order chi connectivity index (χ0) is 18.9. The maximum atomic E-state index is 12.5. The molecule has 2 fully saturated rings. The molecule has 2 bridgehead atoms. The van der Waals surface area contributed by atoms with Gasteiger partial charge in [-0.2, -0.15) is 0 Å². The summed E-state index contributed by atoms with van der Waals surface area (Å²) in [6.07, 6.45) is 6.17. The van der Waals surface area contributed by atoms with Gasteiger partial charge in [-0.05, 0) is 60.1 Å². The molecule has 2 aliphatic carbocycles. The Balaban J connectivity index is 1.59. The monoisotopic (exact) mass is 357 g/mol. The average molecular weight is 357 g/mol. The number of methoxy groups -OCH3 is 1. The van der Waals surface area contributed by atoms with Gasteiger partial charge >= 0.3 is 0 Å². The standard InChI is InChI=1S/C22H31NO3/c1-6-7-15-8-9-17(18(12-15)25-5)26-14-20(24)23-19-13-16-10-11-22(19,4)21(16,2)3/h6,8-9,12,16,19H,1,7,10-11,13-14H2,2-5H3,(H,23,24). The SMILES string of the molecule is C=CCc1ccc(OCC(=O)NC2CC3CCC2(C)C3(C)C)c(OC)c1. The molecule has 1 aromatic carbocycles. The van der Waals surface area contributed by atoms with Crippen LogP contribution in [0, 0.1) is 16.7 Å². The second-order valence-corrected chi connectivity index (χ2v) is 8.50. The summed E-state index contributed by atoms with van der Waals surface area (Å²) in [4.78, 5) is 12.5. The number of ether oxygens (including phenoxy) is 2. The summed E-state index contributed by atoms with van der Waals surface area (Å²) >= 11 is 0. The number of benzene rings is 1. The Morgan fingerprint density at radius 3 is 2.69 bits per heavy atom. The zero-order valence-electron chi connectivity index (χ0n) is 16.4. The summed E-state index contributed by atoms with van der Waals surface area (Å²) in [7, 11) is 1.61. The number of rotatable bonds is 7. The Morgan fingerprint density at radius 2 is 2.12 bits per heavy atom. The van der Waals surface area contributed by atoms with Crippen molar-refractivity contribution in [3.05, 3.63) is 36.4 Å². The summed E-state index contributed by atoms with van der Waals surface area (Å²) < 4.78 is 11.1. The molecule has 1 amide bonds. The van der Waals surface area contributed by atoms with Gasteiger partial charge in [0.25, 0.3) is 5.91 Å². The van der Waals surface area contributed by atoms with Crippen molar-refractivity contribution in [2.75, 3.05) is 13.7 Å². The molecule has 2 saturated carbocycles. The van der Waals surface area contributed by atoms with E-state index in [1.165, 1.54) is 12.8 Å². The normalized spacial score (nSPS) is 28.6. The molecule has 0 heterocycles. The first kappa shape index (κ1) is 18.8. The van der Waals surface area contributed by atoms with E-state index in [0.29, 0.717) is 17.4 Å². The number of hydrogen-bond acceptors (Lipinski definition) is 3. The molecule has 0 saturated heterocycles. The van der Waals surface area contributed by atoms with Crippen molar-refractivity contribution in [2.24, 2.45) is 16.7 Å². The number of fused-ring (bicyclic) bond motifs is 2. The van der Waals surface area contributed by atoms with Gasteiger partial charge in [-0.25, -0.2) is 0 Å². The fourth-order valence-corrected chi connectivity index (χ4v) is 4.93. The van der Waals surface area contributed by atoms with Crippen molar-refractivity contribution in [2.45, 2.75) is 52.5 Å². The second-order valence-electron chi connectivity index (χ2n) is 8.50. The average Bonchev–Trinajstić information content (AvgIpc) is 2.94. The van der Waals surface area contributed by atoms with Gasteiger partial charge in [-0.15, -0.1) is 6.58 Å². The highest BCUT2D eigenvalue weighted by Crippen LogP contribution is 2.65. The van der Waals surface area contributed by atoms with Crippen LogP contribution in [0.25, 0.3) is 0 Å². The summed E-state index contributed by atoms with van der Waals surface area (Å²) in [6, 6.07) is 5.99. The molecule has 26 heavy (non-hydrogen) atoms. The van der Waals surface area contributed by atoms with Crippen LogP contribution >= 0.6 is 0 Å². The molecule has 0 spiro atoms. The van der Waals surface area contributed by atoms with E-state index >= 15 is 0 Å². The van der Waals surface area contributed by atoms with Gasteiger partial charge in [0, 0.05) is 6.04 Å². The Labute approximate surface area is 157 Å². The van der Waals surface area contributed by atoms with Gasteiger partial charge in [0.05, 0.1) is 7.11 Å². The molecule has 0 aliphatic heterocycles. The lowest BCUT2D eigenvalue weighted by atomic mass is 9.69. The van der Waals surface area contributed by atoms with Gasteiger partial charge < -0.3 is 14.8 Å². The number of hydrogen-bond donors (Lipinski definition) is 1. The highest BCUT2D eigenvalue weighted by atomic mass is 16.5. The largest absolute Gasteiger partial charge is 0.493 e. The Morgan fingerprint density at radius 1 is 1.35 bits per heavy atom. The molecular formula is C22H31NO3. The lowest BCUT2D eigenvalue weighted by molar-refractivity contribution is -0.124. The molecule has 0 aromatic heterocycles. The van der Waals surface area contributed by atoms with E-state index in [-0.39, 0.29) is 29.4 Å². The van der Waals surface area contributed by atoms with Gasteiger partial charge in [-0.3, -0.25) is 4.79 Å². The molecule has 2 aliphatic rings. The molecule has 4 nitrogen and oxygen atoms in total. The smallest absolute Gasteiger partial charge is 0.258 e. The van der Waals surface area contributed by atoms with E-state index in [9.17, 15) is 4.79 Å². The zero-order valence-corrected chi connectivity index (χ0v) is 16.4. The van der Waals surface area contributed by atoms with Gasteiger partial charge in [-0.1, -0.05) is 32.9 Å². The van der Waals surface area contributed by atoms with Gasteiger partial charge in [0.15, 0.2) is 18.1 Å². The third kappa shape index (κ3) is 3.10. The van der Waals surface area contributed by atoms with Crippen molar-refractivity contribution in [1.82, 2.24) is 5.32 Å². The molecule has 1 N–H and O–H groups in total. The minimum absolute atomic E-state index is 0.00877. The van der Waals surface area contributed by atoms with E-state index in [4.69, 9.17) is 9.47 Å². The van der Waals surface area contributed by atoms with Crippen molar-refractivity contribution in [1.29, 1.82) is 0 Å². The molecular weight excluding hydrogens is 326 g/mol. The first-order valence-electron chi connectivity index (χ1n) is 9.52. The van der Waals surface area contributed by atoms with Crippen LogP contribution in [-0.2, 0) is 11.2 Å². The van der Waals surface area contributed by atoms with Crippen LogP contribution in [0.5, 0.6) is 11.5 Å². The van der Waals surface area contributed by atoms with Crippen LogP contribution in [-0.4, -0.2) is 25.7 Å². The molecule has 1 aromatic rings. The van der Waals surface area contributed by atoms with Crippen LogP contribution in [0.2, 0.25) is 0 Å². The van der Waals surface area contributed by atoms with Crippen molar-refractivity contribution >= 4 is 5.91 Å². The number of nitrogens with one attached hydrogen (secondary N) is 1. The quantitative estimate of drug-likeness (QED) is 0.746. The first-order valence-corrected chi connectivity index (χ1v) is 9.52. The molecule has 3 unspecified atom stereocenters. The van der Waals surface area contributed by atoms with Crippen LogP contribution in [0.15, 0.2) is 30.9 Å². The topological polar surface area (TPSA) is 47.6 Å². The molecule has 3 atom stereocenters. The van der Waals surface area contributed by atoms with Crippen LogP contribution in [0.3, 0.4) is 0 Å². The minimum Gasteiger partial charge on any atom is -0.493 e.